The predicted molar refractivity (Wildman–Crippen MR) is 88.3 cm³/mol. The van der Waals surface area contributed by atoms with Crippen molar-refractivity contribution >= 4 is 33.3 Å². The fraction of sp³-hybridized carbons (Fsp3) is 0.562. The van der Waals surface area contributed by atoms with Gasteiger partial charge in [-0.25, -0.2) is 9.97 Å². The molecule has 22 heavy (non-hydrogen) atoms. The number of amides is 1. The molecule has 1 aliphatic heterocycles. The second kappa shape index (κ2) is 5.19. The van der Waals surface area contributed by atoms with Crippen LogP contribution in [0.25, 0.3) is 10.2 Å². The lowest BCUT2D eigenvalue weighted by molar-refractivity contribution is -0.122. The van der Waals surface area contributed by atoms with Crippen molar-refractivity contribution in [2.45, 2.75) is 39.0 Å². The number of rotatable bonds is 2. The second-order valence-electron chi connectivity index (χ2n) is 6.30. The first-order valence-electron chi connectivity index (χ1n) is 7.96. The van der Waals surface area contributed by atoms with Crippen molar-refractivity contribution in [1.29, 1.82) is 0 Å². The minimum atomic E-state index is -0.167. The number of anilines is 1. The van der Waals surface area contributed by atoms with Gasteiger partial charge in [-0.15, -0.1) is 11.3 Å². The Morgan fingerprint density at radius 1 is 1.27 bits per heavy atom. The highest BCUT2D eigenvalue weighted by molar-refractivity contribution is 7.19. The number of nitrogens with two attached hydrogens (primary N) is 1. The molecule has 0 spiro atoms. The molecule has 0 saturated carbocycles. The number of aromatic nitrogens is 2. The molecule has 2 aromatic rings. The number of hydrogen-bond donors (Lipinski definition) is 1. The standard InChI is InChI=1S/C16H20N4OS/c1-9-18-15(20-7-5-10(6-8-20)14(17)21)13-11-3-2-4-12(11)22-16(13)19-9/h10H,2-8H2,1H3,(H2,17,21). The third-order valence-electron chi connectivity index (χ3n) is 4.85. The average molecular weight is 316 g/mol. The number of piperidine rings is 1. The summed E-state index contributed by atoms with van der Waals surface area (Å²) < 4.78 is 0. The molecule has 0 atom stereocenters. The van der Waals surface area contributed by atoms with E-state index in [0.717, 1.165) is 48.8 Å². The molecule has 1 amide bonds. The molecule has 4 rings (SSSR count). The van der Waals surface area contributed by atoms with E-state index >= 15 is 0 Å². The summed E-state index contributed by atoms with van der Waals surface area (Å²) in [5, 5.41) is 1.26. The van der Waals surface area contributed by atoms with Crippen LogP contribution in [0.1, 0.15) is 35.5 Å². The Hall–Kier alpha value is -1.69. The van der Waals surface area contributed by atoms with E-state index in [1.807, 2.05) is 18.3 Å². The molecule has 0 aromatic carbocycles. The van der Waals surface area contributed by atoms with Crippen LogP contribution < -0.4 is 10.6 Å². The van der Waals surface area contributed by atoms with E-state index in [1.54, 1.807) is 0 Å². The summed E-state index contributed by atoms with van der Waals surface area (Å²) in [7, 11) is 0. The first-order valence-corrected chi connectivity index (χ1v) is 8.78. The highest BCUT2D eigenvalue weighted by atomic mass is 32.1. The van der Waals surface area contributed by atoms with E-state index in [0.29, 0.717) is 0 Å². The number of carbonyl (C=O) groups is 1. The van der Waals surface area contributed by atoms with Crippen LogP contribution in [0.4, 0.5) is 5.82 Å². The smallest absolute Gasteiger partial charge is 0.220 e. The first-order chi connectivity index (χ1) is 10.6. The average Bonchev–Trinajstić information content (AvgIpc) is 3.06. The fourth-order valence-corrected chi connectivity index (χ4v) is 4.99. The van der Waals surface area contributed by atoms with Crippen molar-refractivity contribution in [2.75, 3.05) is 18.0 Å². The van der Waals surface area contributed by atoms with Crippen LogP contribution in [0.3, 0.4) is 0 Å². The number of fused-ring (bicyclic) bond motifs is 3. The van der Waals surface area contributed by atoms with E-state index in [2.05, 4.69) is 9.88 Å². The van der Waals surface area contributed by atoms with Gasteiger partial charge in [0.25, 0.3) is 0 Å². The van der Waals surface area contributed by atoms with E-state index in [1.165, 1.54) is 28.7 Å². The topological polar surface area (TPSA) is 72.1 Å². The van der Waals surface area contributed by atoms with Gasteiger partial charge in [-0.3, -0.25) is 4.79 Å². The Bertz CT molecular complexity index is 746. The number of nitrogens with zero attached hydrogens (tertiary/aromatic N) is 3. The SMILES string of the molecule is Cc1nc(N2CCC(C(N)=O)CC2)c2c3c(sc2n1)CCC3. The minimum Gasteiger partial charge on any atom is -0.369 e. The summed E-state index contributed by atoms with van der Waals surface area (Å²) in [4.78, 5) is 25.7. The molecular formula is C16H20N4OS. The van der Waals surface area contributed by atoms with Crippen molar-refractivity contribution in [3.8, 4) is 0 Å². The zero-order valence-corrected chi connectivity index (χ0v) is 13.6. The summed E-state index contributed by atoms with van der Waals surface area (Å²) in [6.07, 6.45) is 5.22. The van der Waals surface area contributed by atoms with Gasteiger partial charge in [-0.1, -0.05) is 0 Å². The third kappa shape index (κ3) is 2.17. The van der Waals surface area contributed by atoms with Gasteiger partial charge in [0.1, 0.15) is 16.5 Å². The Balaban J connectivity index is 1.74. The highest BCUT2D eigenvalue weighted by Gasteiger charge is 2.28. The van der Waals surface area contributed by atoms with Crippen LogP contribution in [0, 0.1) is 12.8 Å². The third-order valence-corrected chi connectivity index (χ3v) is 6.04. The van der Waals surface area contributed by atoms with Gasteiger partial charge in [-0.05, 0) is 44.6 Å². The fourth-order valence-electron chi connectivity index (χ4n) is 3.68. The van der Waals surface area contributed by atoms with Gasteiger partial charge >= 0.3 is 0 Å². The lowest BCUT2D eigenvalue weighted by atomic mass is 9.96. The number of aryl methyl sites for hydroxylation is 3. The van der Waals surface area contributed by atoms with Gasteiger partial charge in [0.15, 0.2) is 0 Å². The Kier molecular flexibility index (Phi) is 3.29. The van der Waals surface area contributed by atoms with Gasteiger partial charge in [-0.2, -0.15) is 0 Å². The van der Waals surface area contributed by atoms with Gasteiger partial charge in [0.2, 0.25) is 5.91 Å². The Morgan fingerprint density at radius 3 is 2.77 bits per heavy atom. The van der Waals surface area contributed by atoms with Crippen molar-refractivity contribution in [2.24, 2.45) is 11.7 Å². The van der Waals surface area contributed by atoms with Crippen LogP contribution in [0.15, 0.2) is 0 Å². The van der Waals surface area contributed by atoms with Gasteiger partial charge in [0.05, 0.1) is 5.39 Å². The zero-order chi connectivity index (χ0) is 15.3. The lowest BCUT2D eigenvalue weighted by Crippen LogP contribution is -2.39. The van der Waals surface area contributed by atoms with Crippen LogP contribution in [0.5, 0.6) is 0 Å². The quantitative estimate of drug-likeness (QED) is 0.922. The molecule has 0 radical (unpaired) electrons. The molecule has 2 aliphatic rings. The largest absolute Gasteiger partial charge is 0.369 e. The van der Waals surface area contributed by atoms with E-state index in [4.69, 9.17) is 10.7 Å². The van der Waals surface area contributed by atoms with Crippen LogP contribution in [0.2, 0.25) is 0 Å². The molecule has 0 bridgehead atoms. The van der Waals surface area contributed by atoms with Gasteiger partial charge < -0.3 is 10.6 Å². The van der Waals surface area contributed by atoms with Crippen molar-refractivity contribution < 1.29 is 4.79 Å². The molecule has 1 fully saturated rings. The molecule has 0 unspecified atom stereocenters. The summed E-state index contributed by atoms with van der Waals surface area (Å²) in [6, 6.07) is 0. The summed E-state index contributed by atoms with van der Waals surface area (Å²) in [5.41, 5.74) is 6.91. The minimum absolute atomic E-state index is 0.0165. The first kappa shape index (κ1) is 13.9. The second-order valence-corrected chi connectivity index (χ2v) is 7.38. The molecule has 116 valence electrons. The molecule has 1 aliphatic carbocycles. The number of carbonyl (C=O) groups excluding carboxylic acids is 1. The van der Waals surface area contributed by atoms with Crippen LogP contribution >= 0.6 is 11.3 Å². The van der Waals surface area contributed by atoms with E-state index < -0.39 is 0 Å². The summed E-state index contributed by atoms with van der Waals surface area (Å²) in [5.74, 6) is 1.76. The lowest BCUT2D eigenvalue weighted by Gasteiger charge is -2.32. The van der Waals surface area contributed by atoms with E-state index in [-0.39, 0.29) is 11.8 Å². The van der Waals surface area contributed by atoms with Crippen molar-refractivity contribution in [3.05, 3.63) is 16.3 Å². The highest BCUT2D eigenvalue weighted by Crippen LogP contribution is 2.41. The molecule has 6 heteroatoms. The number of thiophene rings is 1. The zero-order valence-electron chi connectivity index (χ0n) is 12.8. The maximum Gasteiger partial charge on any atom is 0.220 e. The van der Waals surface area contributed by atoms with Crippen LogP contribution in [-0.4, -0.2) is 29.0 Å². The predicted octanol–water partition coefficient (Wildman–Crippen LogP) is 2.19. The monoisotopic (exact) mass is 316 g/mol. The van der Waals surface area contributed by atoms with E-state index in [9.17, 15) is 4.79 Å². The summed E-state index contributed by atoms with van der Waals surface area (Å²) in [6.45, 7) is 3.66. The maximum absolute atomic E-state index is 11.4. The molecule has 1 saturated heterocycles. The molecule has 5 nitrogen and oxygen atoms in total. The normalized spacial score (nSPS) is 18.9. The summed E-state index contributed by atoms with van der Waals surface area (Å²) >= 11 is 1.83. The number of primary amides is 1. The Morgan fingerprint density at radius 2 is 2.05 bits per heavy atom. The molecule has 2 aromatic heterocycles. The van der Waals surface area contributed by atoms with Crippen LogP contribution in [-0.2, 0) is 17.6 Å². The number of hydrogen-bond acceptors (Lipinski definition) is 5. The Labute approximate surface area is 133 Å². The van der Waals surface area contributed by atoms with Crippen molar-refractivity contribution in [1.82, 2.24) is 9.97 Å². The molecular weight excluding hydrogens is 296 g/mol. The molecule has 2 N–H and O–H groups in total. The van der Waals surface area contributed by atoms with Gasteiger partial charge in [0, 0.05) is 23.9 Å². The maximum atomic E-state index is 11.4. The van der Waals surface area contributed by atoms with Crippen molar-refractivity contribution in [3.63, 3.8) is 0 Å². The molecule has 3 heterocycles.